The molecule has 3 rings (SSSR count). The zero-order valence-corrected chi connectivity index (χ0v) is 18.0. The van der Waals surface area contributed by atoms with Gasteiger partial charge in [0.25, 0.3) is 0 Å². The fourth-order valence-electron chi connectivity index (χ4n) is 3.99. The van der Waals surface area contributed by atoms with Crippen LogP contribution in [-0.4, -0.2) is 60.6 Å². The fourth-order valence-corrected chi connectivity index (χ4v) is 4.40. The fraction of sp³-hybridized carbons (Fsp3) is 0.478. The minimum absolute atomic E-state index is 0.235. The maximum atomic E-state index is 9.58. The minimum Gasteiger partial charge on any atom is -0.496 e. The Kier molecular flexibility index (Phi) is 7.80. The number of ether oxygens (including phenoxy) is 1. The number of aryl methyl sites for hydroxylation is 1. The number of methoxy groups -OCH3 is 1. The van der Waals surface area contributed by atoms with Crippen LogP contribution in [-0.2, 0) is 13.1 Å². The lowest BCUT2D eigenvalue weighted by molar-refractivity contribution is 0.0499. The molecular formula is C23H32N2O2S. The van der Waals surface area contributed by atoms with Crippen LogP contribution in [0.5, 0.6) is 5.75 Å². The molecule has 152 valence electrons. The molecule has 0 saturated carbocycles. The van der Waals surface area contributed by atoms with E-state index in [4.69, 9.17) is 4.74 Å². The van der Waals surface area contributed by atoms with E-state index in [1.165, 1.54) is 21.6 Å². The lowest BCUT2D eigenvalue weighted by Gasteiger charge is -2.41. The Morgan fingerprint density at radius 3 is 2.46 bits per heavy atom. The first kappa shape index (κ1) is 21.2. The summed E-state index contributed by atoms with van der Waals surface area (Å²) in [5.74, 6) is 0.938. The van der Waals surface area contributed by atoms with Gasteiger partial charge in [0.2, 0.25) is 0 Å². The third-order valence-electron chi connectivity index (χ3n) is 5.56. The van der Waals surface area contributed by atoms with E-state index in [9.17, 15) is 5.11 Å². The Bertz CT molecular complexity index is 751. The predicted molar refractivity (Wildman–Crippen MR) is 117 cm³/mol. The zero-order valence-electron chi connectivity index (χ0n) is 17.2. The molecule has 1 atom stereocenters. The van der Waals surface area contributed by atoms with Crippen LogP contribution in [0.2, 0.25) is 0 Å². The van der Waals surface area contributed by atoms with Crippen molar-refractivity contribution in [2.75, 3.05) is 39.6 Å². The van der Waals surface area contributed by atoms with Gasteiger partial charge in [0.15, 0.2) is 0 Å². The average Bonchev–Trinajstić information content (AvgIpc) is 2.71. The van der Waals surface area contributed by atoms with Crippen LogP contribution in [0.4, 0.5) is 0 Å². The van der Waals surface area contributed by atoms with E-state index in [0.717, 1.165) is 44.9 Å². The summed E-state index contributed by atoms with van der Waals surface area (Å²) in [5.41, 5.74) is 3.84. The van der Waals surface area contributed by atoms with Crippen molar-refractivity contribution in [3.63, 3.8) is 0 Å². The average molecular weight is 401 g/mol. The normalized spacial score (nSPS) is 18.4. The summed E-state index contributed by atoms with van der Waals surface area (Å²) in [4.78, 5) is 6.34. The molecule has 5 heteroatoms. The molecule has 4 nitrogen and oxygen atoms in total. The predicted octanol–water partition coefficient (Wildman–Crippen LogP) is 3.79. The van der Waals surface area contributed by atoms with Crippen LogP contribution < -0.4 is 4.74 Å². The minimum atomic E-state index is 0.235. The Labute approximate surface area is 173 Å². The summed E-state index contributed by atoms with van der Waals surface area (Å²) in [6.45, 7) is 7.31. The number of thioether (sulfide) groups is 1. The highest BCUT2D eigenvalue weighted by Gasteiger charge is 2.26. The van der Waals surface area contributed by atoms with Crippen molar-refractivity contribution in [3.8, 4) is 5.75 Å². The lowest BCUT2D eigenvalue weighted by Crippen LogP contribution is -2.52. The Balaban J connectivity index is 1.62. The van der Waals surface area contributed by atoms with E-state index in [1.54, 1.807) is 18.9 Å². The monoisotopic (exact) mass is 400 g/mol. The molecule has 1 fully saturated rings. The van der Waals surface area contributed by atoms with E-state index in [2.05, 4.69) is 65.4 Å². The standard InChI is InChI=1S/C23H32N2O2S/c1-18-14-20(6-9-23(18)27-2)16-25-12-11-24(17-21(25)10-13-26)15-19-4-7-22(28-3)8-5-19/h4-9,14,21,26H,10-13,15-17H2,1-3H3/t21-/m1/s1. The van der Waals surface area contributed by atoms with Gasteiger partial charge in [-0.2, -0.15) is 0 Å². The lowest BCUT2D eigenvalue weighted by atomic mass is 10.0. The summed E-state index contributed by atoms with van der Waals surface area (Å²) >= 11 is 1.78. The van der Waals surface area contributed by atoms with Crippen molar-refractivity contribution in [3.05, 3.63) is 59.2 Å². The van der Waals surface area contributed by atoms with Crippen molar-refractivity contribution in [1.29, 1.82) is 0 Å². The molecule has 1 heterocycles. The SMILES string of the molecule is COc1ccc(CN2CCN(Cc3ccc(SC)cc3)C[C@H]2CCO)cc1C. The van der Waals surface area contributed by atoms with Crippen molar-refractivity contribution in [2.45, 2.75) is 37.4 Å². The molecule has 0 amide bonds. The van der Waals surface area contributed by atoms with Gasteiger partial charge < -0.3 is 9.84 Å². The third-order valence-corrected chi connectivity index (χ3v) is 6.30. The molecule has 0 radical (unpaired) electrons. The number of aliphatic hydroxyl groups excluding tert-OH is 1. The zero-order chi connectivity index (χ0) is 19.9. The summed E-state index contributed by atoms with van der Waals surface area (Å²) in [7, 11) is 1.72. The van der Waals surface area contributed by atoms with Gasteiger partial charge in [-0.05, 0) is 54.5 Å². The number of hydrogen-bond acceptors (Lipinski definition) is 5. The molecule has 0 unspecified atom stereocenters. The second-order valence-electron chi connectivity index (χ2n) is 7.52. The maximum Gasteiger partial charge on any atom is 0.121 e. The van der Waals surface area contributed by atoms with Crippen LogP contribution in [0.25, 0.3) is 0 Å². The summed E-state index contributed by atoms with van der Waals surface area (Å²) in [5, 5.41) is 9.58. The molecule has 2 aromatic carbocycles. The highest BCUT2D eigenvalue weighted by Crippen LogP contribution is 2.23. The first-order chi connectivity index (χ1) is 13.6. The van der Waals surface area contributed by atoms with Gasteiger partial charge >= 0.3 is 0 Å². The van der Waals surface area contributed by atoms with E-state index >= 15 is 0 Å². The van der Waals surface area contributed by atoms with Crippen LogP contribution in [0, 0.1) is 6.92 Å². The van der Waals surface area contributed by atoms with Crippen LogP contribution in [0.15, 0.2) is 47.4 Å². The number of aliphatic hydroxyl groups is 1. The van der Waals surface area contributed by atoms with Gasteiger partial charge in [-0.1, -0.05) is 24.3 Å². The van der Waals surface area contributed by atoms with Gasteiger partial charge in [-0.3, -0.25) is 9.80 Å². The summed E-state index contributed by atoms with van der Waals surface area (Å²) in [6, 6.07) is 15.7. The van der Waals surface area contributed by atoms with Crippen molar-refractivity contribution in [1.82, 2.24) is 9.80 Å². The van der Waals surface area contributed by atoms with E-state index in [-0.39, 0.29) is 6.61 Å². The third kappa shape index (κ3) is 5.51. The van der Waals surface area contributed by atoms with Gasteiger partial charge in [0, 0.05) is 50.3 Å². The second-order valence-corrected chi connectivity index (χ2v) is 8.40. The van der Waals surface area contributed by atoms with Gasteiger partial charge in [-0.25, -0.2) is 0 Å². The molecule has 0 aliphatic carbocycles. The molecule has 28 heavy (non-hydrogen) atoms. The molecule has 1 N–H and O–H groups in total. The first-order valence-corrected chi connectivity index (χ1v) is 11.2. The largest absolute Gasteiger partial charge is 0.496 e. The van der Waals surface area contributed by atoms with Crippen LogP contribution >= 0.6 is 11.8 Å². The summed E-state index contributed by atoms with van der Waals surface area (Å²) < 4.78 is 5.38. The van der Waals surface area contributed by atoms with E-state index < -0.39 is 0 Å². The van der Waals surface area contributed by atoms with Crippen LogP contribution in [0.1, 0.15) is 23.1 Å². The Morgan fingerprint density at radius 1 is 1.07 bits per heavy atom. The molecule has 0 bridgehead atoms. The number of benzene rings is 2. The van der Waals surface area contributed by atoms with Gasteiger partial charge in [0.1, 0.15) is 5.75 Å². The number of hydrogen-bond donors (Lipinski definition) is 1. The van der Waals surface area contributed by atoms with E-state index in [1.807, 2.05) is 0 Å². The van der Waals surface area contributed by atoms with Crippen molar-refractivity contribution in [2.24, 2.45) is 0 Å². The number of nitrogens with zero attached hydrogens (tertiary/aromatic N) is 2. The number of rotatable bonds is 8. The Morgan fingerprint density at radius 2 is 1.82 bits per heavy atom. The number of piperazine rings is 1. The smallest absolute Gasteiger partial charge is 0.121 e. The maximum absolute atomic E-state index is 9.58. The quantitative estimate of drug-likeness (QED) is 0.682. The van der Waals surface area contributed by atoms with Gasteiger partial charge in [-0.15, -0.1) is 11.8 Å². The molecule has 0 spiro atoms. The molecular weight excluding hydrogens is 368 g/mol. The Hall–Kier alpha value is -1.53. The van der Waals surface area contributed by atoms with Gasteiger partial charge in [0.05, 0.1) is 7.11 Å². The molecule has 1 aliphatic rings. The van der Waals surface area contributed by atoms with E-state index in [0.29, 0.717) is 6.04 Å². The summed E-state index contributed by atoms with van der Waals surface area (Å²) in [6.07, 6.45) is 2.93. The highest BCUT2D eigenvalue weighted by atomic mass is 32.2. The van der Waals surface area contributed by atoms with Crippen molar-refractivity contribution < 1.29 is 9.84 Å². The molecule has 0 aromatic heterocycles. The van der Waals surface area contributed by atoms with Crippen molar-refractivity contribution >= 4 is 11.8 Å². The highest BCUT2D eigenvalue weighted by molar-refractivity contribution is 7.98. The first-order valence-electron chi connectivity index (χ1n) is 9.96. The molecule has 1 saturated heterocycles. The second kappa shape index (κ2) is 10.3. The topological polar surface area (TPSA) is 35.9 Å². The van der Waals surface area contributed by atoms with Crippen LogP contribution in [0.3, 0.4) is 0 Å². The molecule has 2 aromatic rings. The molecule has 1 aliphatic heterocycles.